The summed E-state index contributed by atoms with van der Waals surface area (Å²) in [5.41, 5.74) is 3.22. The smallest absolute Gasteiger partial charge is 0.151 e. The second kappa shape index (κ2) is 4.66. The molecule has 94 valence electrons. The number of carbonyl (C=O) groups excluding carboxylic acids is 1. The van der Waals surface area contributed by atoms with Crippen LogP contribution in [0.3, 0.4) is 0 Å². The SMILES string of the molecule is O=Cc1cnc2c(ccn2-c2ccc(CO)cc2)c1. The van der Waals surface area contributed by atoms with Crippen molar-refractivity contribution in [1.29, 1.82) is 0 Å². The second-order valence-corrected chi connectivity index (χ2v) is 4.31. The fourth-order valence-corrected chi connectivity index (χ4v) is 2.08. The van der Waals surface area contributed by atoms with Crippen LogP contribution in [0.2, 0.25) is 0 Å². The standard InChI is InChI=1S/C15H12N2O2/c18-9-11-1-3-14(4-2-11)17-6-5-13-7-12(10-19)8-16-15(13)17/h1-8,10,18H,9H2. The van der Waals surface area contributed by atoms with E-state index in [1.165, 1.54) is 0 Å². The molecular formula is C15H12N2O2. The quantitative estimate of drug-likeness (QED) is 0.728. The number of nitrogens with zero attached hydrogens (tertiary/aromatic N) is 2. The largest absolute Gasteiger partial charge is 0.392 e. The minimum absolute atomic E-state index is 0.0354. The molecule has 1 N–H and O–H groups in total. The van der Waals surface area contributed by atoms with Gasteiger partial charge >= 0.3 is 0 Å². The summed E-state index contributed by atoms with van der Waals surface area (Å²) in [7, 11) is 0. The first-order valence-corrected chi connectivity index (χ1v) is 5.94. The molecule has 0 saturated heterocycles. The normalized spacial score (nSPS) is 10.8. The van der Waals surface area contributed by atoms with Crippen molar-refractivity contribution in [2.45, 2.75) is 6.61 Å². The summed E-state index contributed by atoms with van der Waals surface area (Å²) in [5, 5.41) is 9.96. The van der Waals surface area contributed by atoms with E-state index in [9.17, 15) is 4.79 Å². The van der Waals surface area contributed by atoms with Crippen LogP contribution in [0.5, 0.6) is 0 Å². The minimum Gasteiger partial charge on any atom is -0.392 e. The number of carbonyl (C=O) groups is 1. The second-order valence-electron chi connectivity index (χ2n) is 4.31. The summed E-state index contributed by atoms with van der Waals surface area (Å²) >= 11 is 0. The highest BCUT2D eigenvalue weighted by Gasteiger charge is 2.05. The summed E-state index contributed by atoms with van der Waals surface area (Å²) in [6, 6.07) is 11.4. The molecule has 2 aromatic heterocycles. The zero-order valence-corrected chi connectivity index (χ0v) is 10.2. The summed E-state index contributed by atoms with van der Waals surface area (Å²) in [6.45, 7) is 0.0354. The van der Waals surface area contributed by atoms with Crippen LogP contribution >= 0.6 is 0 Å². The maximum Gasteiger partial charge on any atom is 0.151 e. The Balaban J connectivity index is 2.11. The molecule has 2 heterocycles. The number of pyridine rings is 1. The number of fused-ring (bicyclic) bond motifs is 1. The first-order valence-electron chi connectivity index (χ1n) is 5.94. The number of rotatable bonds is 3. The van der Waals surface area contributed by atoms with Gasteiger partial charge in [-0.2, -0.15) is 0 Å². The highest BCUT2D eigenvalue weighted by molar-refractivity contribution is 5.85. The van der Waals surface area contributed by atoms with Crippen LogP contribution in [-0.2, 0) is 6.61 Å². The Bertz CT molecular complexity index is 729. The third-order valence-electron chi connectivity index (χ3n) is 3.08. The van der Waals surface area contributed by atoms with Crippen molar-refractivity contribution in [3.63, 3.8) is 0 Å². The monoisotopic (exact) mass is 252 g/mol. The Labute approximate surface area is 109 Å². The lowest BCUT2D eigenvalue weighted by molar-refractivity contribution is 0.112. The summed E-state index contributed by atoms with van der Waals surface area (Å²) in [4.78, 5) is 15.0. The Morgan fingerprint density at radius 3 is 2.68 bits per heavy atom. The van der Waals surface area contributed by atoms with E-state index in [-0.39, 0.29) is 6.61 Å². The predicted octanol–water partition coefficient (Wildman–Crippen LogP) is 2.33. The molecule has 0 bridgehead atoms. The molecule has 4 nitrogen and oxygen atoms in total. The van der Waals surface area contributed by atoms with Gasteiger partial charge in [0.15, 0.2) is 6.29 Å². The van der Waals surface area contributed by atoms with Gasteiger partial charge in [0.1, 0.15) is 5.65 Å². The van der Waals surface area contributed by atoms with Crippen molar-refractivity contribution in [3.8, 4) is 5.69 Å². The van der Waals surface area contributed by atoms with E-state index >= 15 is 0 Å². The Morgan fingerprint density at radius 2 is 2.00 bits per heavy atom. The molecule has 0 unspecified atom stereocenters. The zero-order valence-electron chi connectivity index (χ0n) is 10.2. The van der Waals surface area contributed by atoms with Crippen LogP contribution in [0.25, 0.3) is 16.7 Å². The van der Waals surface area contributed by atoms with E-state index in [1.807, 2.05) is 47.2 Å². The van der Waals surface area contributed by atoms with Gasteiger partial charge in [0.2, 0.25) is 0 Å². The molecule has 0 amide bonds. The van der Waals surface area contributed by atoms with Gasteiger partial charge < -0.3 is 9.67 Å². The van der Waals surface area contributed by atoms with Crippen LogP contribution in [0.1, 0.15) is 15.9 Å². The maximum absolute atomic E-state index is 10.7. The van der Waals surface area contributed by atoms with E-state index in [1.54, 1.807) is 6.20 Å². The van der Waals surface area contributed by atoms with E-state index in [0.29, 0.717) is 5.56 Å². The van der Waals surface area contributed by atoms with Gasteiger partial charge in [-0.1, -0.05) is 12.1 Å². The number of aliphatic hydroxyl groups excluding tert-OH is 1. The van der Waals surface area contributed by atoms with Crippen molar-refractivity contribution >= 4 is 17.3 Å². The number of aldehydes is 1. The van der Waals surface area contributed by atoms with Gasteiger partial charge in [-0.15, -0.1) is 0 Å². The van der Waals surface area contributed by atoms with Crippen molar-refractivity contribution < 1.29 is 9.90 Å². The maximum atomic E-state index is 10.7. The number of aliphatic hydroxyl groups is 1. The topological polar surface area (TPSA) is 55.1 Å². The van der Waals surface area contributed by atoms with Crippen molar-refractivity contribution in [1.82, 2.24) is 9.55 Å². The minimum atomic E-state index is 0.0354. The van der Waals surface area contributed by atoms with Crippen molar-refractivity contribution in [3.05, 3.63) is 59.9 Å². The summed E-state index contributed by atoms with van der Waals surface area (Å²) in [5.74, 6) is 0. The first kappa shape index (κ1) is 11.6. The third kappa shape index (κ3) is 2.02. The highest BCUT2D eigenvalue weighted by Crippen LogP contribution is 2.19. The molecule has 0 aliphatic carbocycles. The van der Waals surface area contributed by atoms with Gasteiger partial charge in [0.25, 0.3) is 0 Å². The van der Waals surface area contributed by atoms with Crippen LogP contribution in [0.15, 0.2) is 48.8 Å². The highest BCUT2D eigenvalue weighted by atomic mass is 16.3. The Hall–Kier alpha value is -2.46. The number of benzene rings is 1. The molecule has 0 radical (unpaired) electrons. The lowest BCUT2D eigenvalue weighted by Crippen LogP contribution is -1.95. The lowest BCUT2D eigenvalue weighted by Gasteiger charge is -2.05. The van der Waals surface area contributed by atoms with Crippen LogP contribution in [0, 0.1) is 0 Å². The lowest BCUT2D eigenvalue weighted by atomic mass is 10.2. The Morgan fingerprint density at radius 1 is 1.21 bits per heavy atom. The molecule has 1 aromatic carbocycles. The molecule has 0 spiro atoms. The molecule has 3 aromatic rings. The predicted molar refractivity (Wildman–Crippen MR) is 72.4 cm³/mol. The average Bonchev–Trinajstić information content (AvgIpc) is 2.90. The van der Waals surface area contributed by atoms with Crippen molar-refractivity contribution in [2.75, 3.05) is 0 Å². The molecule has 0 aliphatic rings. The van der Waals surface area contributed by atoms with Crippen LogP contribution in [-0.4, -0.2) is 20.9 Å². The van der Waals surface area contributed by atoms with Gasteiger partial charge in [0.05, 0.1) is 6.61 Å². The molecule has 0 aliphatic heterocycles. The van der Waals surface area contributed by atoms with E-state index in [0.717, 1.165) is 28.6 Å². The summed E-state index contributed by atoms with van der Waals surface area (Å²) < 4.78 is 1.95. The Kier molecular flexibility index (Phi) is 2.85. The van der Waals surface area contributed by atoms with E-state index < -0.39 is 0 Å². The van der Waals surface area contributed by atoms with E-state index in [4.69, 9.17) is 5.11 Å². The van der Waals surface area contributed by atoms with Crippen molar-refractivity contribution in [2.24, 2.45) is 0 Å². The molecule has 0 fully saturated rings. The van der Waals surface area contributed by atoms with Gasteiger partial charge in [0, 0.05) is 29.0 Å². The zero-order chi connectivity index (χ0) is 13.2. The number of aromatic nitrogens is 2. The molecule has 0 saturated carbocycles. The molecule has 19 heavy (non-hydrogen) atoms. The van der Waals surface area contributed by atoms with Crippen LogP contribution in [0.4, 0.5) is 0 Å². The summed E-state index contributed by atoms with van der Waals surface area (Å²) in [6.07, 6.45) is 4.27. The number of hydrogen-bond donors (Lipinski definition) is 1. The van der Waals surface area contributed by atoms with Gasteiger partial charge in [-0.05, 0) is 29.8 Å². The molecular weight excluding hydrogens is 240 g/mol. The third-order valence-corrected chi connectivity index (χ3v) is 3.08. The molecule has 0 atom stereocenters. The molecule has 3 rings (SSSR count). The average molecular weight is 252 g/mol. The fourth-order valence-electron chi connectivity index (χ4n) is 2.08. The fraction of sp³-hybridized carbons (Fsp3) is 0.0667. The van der Waals surface area contributed by atoms with Gasteiger partial charge in [-0.3, -0.25) is 4.79 Å². The number of hydrogen-bond acceptors (Lipinski definition) is 3. The van der Waals surface area contributed by atoms with Gasteiger partial charge in [-0.25, -0.2) is 4.98 Å². The van der Waals surface area contributed by atoms with E-state index in [2.05, 4.69) is 4.98 Å². The van der Waals surface area contributed by atoms with Crippen LogP contribution < -0.4 is 0 Å². The first-order chi connectivity index (χ1) is 9.31. The molecule has 4 heteroatoms.